The third-order valence-electron chi connectivity index (χ3n) is 3.29. The molecule has 0 saturated heterocycles. The molecule has 1 aliphatic rings. The van der Waals surface area contributed by atoms with Crippen molar-refractivity contribution in [3.63, 3.8) is 0 Å². The molecular formula is C16H16ClNO2. The van der Waals surface area contributed by atoms with Gasteiger partial charge in [0.25, 0.3) is 0 Å². The van der Waals surface area contributed by atoms with E-state index in [1.165, 1.54) is 5.56 Å². The van der Waals surface area contributed by atoms with Gasteiger partial charge in [0.15, 0.2) is 11.5 Å². The van der Waals surface area contributed by atoms with E-state index in [1.54, 1.807) is 12.4 Å². The van der Waals surface area contributed by atoms with Gasteiger partial charge in [-0.2, -0.15) is 0 Å². The Labute approximate surface area is 123 Å². The van der Waals surface area contributed by atoms with Crippen molar-refractivity contribution in [2.45, 2.75) is 31.7 Å². The van der Waals surface area contributed by atoms with Crippen molar-refractivity contribution >= 4 is 11.6 Å². The van der Waals surface area contributed by atoms with Gasteiger partial charge in [0.2, 0.25) is 0 Å². The van der Waals surface area contributed by atoms with Crippen LogP contribution in [0.25, 0.3) is 0 Å². The molecule has 2 aromatic rings. The van der Waals surface area contributed by atoms with Crippen molar-refractivity contribution in [2.75, 3.05) is 0 Å². The predicted octanol–water partition coefficient (Wildman–Crippen LogP) is 4.33. The zero-order valence-electron chi connectivity index (χ0n) is 11.5. The first-order valence-electron chi connectivity index (χ1n) is 6.57. The third kappa shape index (κ3) is 2.46. The Morgan fingerprint density at radius 2 is 2.15 bits per heavy atom. The maximum absolute atomic E-state index is 5.99. The molecule has 0 bridgehead atoms. The molecule has 3 nitrogen and oxygen atoms in total. The second kappa shape index (κ2) is 4.98. The highest BCUT2D eigenvalue weighted by molar-refractivity contribution is 6.17. The average Bonchev–Trinajstić information content (AvgIpc) is 2.74. The van der Waals surface area contributed by atoms with Crippen LogP contribution in [-0.2, 0) is 12.3 Å². The molecule has 0 fully saturated rings. The van der Waals surface area contributed by atoms with Gasteiger partial charge in [-0.25, -0.2) is 0 Å². The van der Waals surface area contributed by atoms with Crippen LogP contribution in [0.1, 0.15) is 25.0 Å². The summed E-state index contributed by atoms with van der Waals surface area (Å²) < 4.78 is 12.0. The summed E-state index contributed by atoms with van der Waals surface area (Å²) >= 11 is 5.92. The Bertz CT molecular complexity index is 640. The van der Waals surface area contributed by atoms with Gasteiger partial charge in [-0.05, 0) is 26.0 Å². The summed E-state index contributed by atoms with van der Waals surface area (Å²) in [4.78, 5) is 4.09. The molecule has 0 radical (unpaired) electrons. The molecule has 0 amide bonds. The number of aromatic nitrogens is 1. The number of rotatable bonds is 3. The maximum Gasteiger partial charge on any atom is 0.169 e. The average molecular weight is 290 g/mol. The standard InChI is InChI=1S/C16H16ClNO2/c1-16(2)8-11-4-3-5-13(15(11)20-16)19-14-10-18-7-6-12(14)9-17/h3-7,10H,8-9H2,1-2H3. The molecule has 0 spiro atoms. The van der Waals surface area contributed by atoms with Crippen LogP contribution in [0.15, 0.2) is 36.7 Å². The van der Waals surface area contributed by atoms with Gasteiger partial charge in [-0.15, -0.1) is 11.6 Å². The largest absolute Gasteiger partial charge is 0.483 e. The third-order valence-corrected chi connectivity index (χ3v) is 3.58. The molecule has 104 valence electrons. The van der Waals surface area contributed by atoms with Gasteiger partial charge >= 0.3 is 0 Å². The fraction of sp³-hybridized carbons (Fsp3) is 0.312. The van der Waals surface area contributed by atoms with Crippen molar-refractivity contribution < 1.29 is 9.47 Å². The number of para-hydroxylation sites is 1. The molecule has 20 heavy (non-hydrogen) atoms. The minimum absolute atomic E-state index is 0.188. The van der Waals surface area contributed by atoms with Gasteiger partial charge in [0.1, 0.15) is 11.4 Å². The summed E-state index contributed by atoms with van der Waals surface area (Å²) in [5, 5.41) is 0. The van der Waals surface area contributed by atoms with Crippen LogP contribution in [0.3, 0.4) is 0 Å². The summed E-state index contributed by atoms with van der Waals surface area (Å²) in [6.07, 6.45) is 4.27. The van der Waals surface area contributed by atoms with Crippen LogP contribution >= 0.6 is 11.6 Å². The zero-order chi connectivity index (χ0) is 14.2. The highest BCUT2D eigenvalue weighted by Crippen LogP contribution is 2.43. The second-order valence-corrected chi connectivity index (χ2v) is 5.77. The van der Waals surface area contributed by atoms with Crippen molar-refractivity contribution in [3.05, 3.63) is 47.8 Å². The monoisotopic (exact) mass is 289 g/mol. The van der Waals surface area contributed by atoms with Crippen LogP contribution < -0.4 is 9.47 Å². The molecule has 3 rings (SSSR count). The van der Waals surface area contributed by atoms with Gasteiger partial charge in [-0.1, -0.05) is 12.1 Å². The van der Waals surface area contributed by atoms with Crippen LogP contribution in [0.2, 0.25) is 0 Å². The summed E-state index contributed by atoms with van der Waals surface area (Å²) in [7, 11) is 0. The molecule has 2 heterocycles. The Balaban J connectivity index is 1.96. The van der Waals surface area contributed by atoms with E-state index in [2.05, 4.69) is 24.9 Å². The molecule has 4 heteroatoms. The highest BCUT2D eigenvalue weighted by Gasteiger charge is 2.32. The lowest BCUT2D eigenvalue weighted by Gasteiger charge is -2.18. The van der Waals surface area contributed by atoms with E-state index in [0.717, 1.165) is 17.7 Å². The van der Waals surface area contributed by atoms with Gasteiger partial charge in [-0.3, -0.25) is 4.98 Å². The lowest BCUT2D eigenvalue weighted by Crippen LogP contribution is -2.24. The maximum atomic E-state index is 5.99. The summed E-state index contributed by atoms with van der Waals surface area (Å²) in [6, 6.07) is 7.82. The Kier molecular flexibility index (Phi) is 3.30. The number of alkyl halides is 1. The minimum Gasteiger partial charge on any atom is -0.483 e. The Morgan fingerprint density at radius 1 is 1.30 bits per heavy atom. The number of ether oxygens (including phenoxy) is 2. The first-order chi connectivity index (χ1) is 9.59. The first kappa shape index (κ1) is 13.3. The SMILES string of the molecule is CC1(C)Cc2cccc(Oc3cnccc3CCl)c2O1. The van der Waals surface area contributed by atoms with E-state index in [9.17, 15) is 0 Å². The summed E-state index contributed by atoms with van der Waals surface area (Å²) in [5.41, 5.74) is 1.90. The van der Waals surface area contributed by atoms with E-state index < -0.39 is 0 Å². The quantitative estimate of drug-likeness (QED) is 0.788. The lowest BCUT2D eigenvalue weighted by molar-refractivity contribution is 0.135. The van der Waals surface area contributed by atoms with Crippen LogP contribution in [-0.4, -0.2) is 10.6 Å². The zero-order valence-corrected chi connectivity index (χ0v) is 12.3. The van der Waals surface area contributed by atoms with Crippen LogP contribution in [0, 0.1) is 0 Å². The molecule has 0 N–H and O–H groups in total. The molecule has 0 atom stereocenters. The lowest BCUT2D eigenvalue weighted by atomic mass is 10.0. The highest BCUT2D eigenvalue weighted by atomic mass is 35.5. The Morgan fingerprint density at radius 3 is 2.95 bits per heavy atom. The van der Waals surface area contributed by atoms with E-state index in [0.29, 0.717) is 17.4 Å². The number of fused-ring (bicyclic) bond motifs is 1. The number of nitrogens with zero attached hydrogens (tertiary/aromatic N) is 1. The first-order valence-corrected chi connectivity index (χ1v) is 7.10. The fourth-order valence-electron chi connectivity index (χ4n) is 2.40. The summed E-state index contributed by atoms with van der Waals surface area (Å²) in [6.45, 7) is 4.15. The number of halogens is 1. The van der Waals surface area contributed by atoms with E-state index in [4.69, 9.17) is 21.1 Å². The van der Waals surface area contributed by atoms with Gasteiger partial charge in [0, 0.05) is 23.7 Å². The number of hydrogen-bond acceptors (Lipinski definition) is 3. The normalized spacial score (nSPS) is 15.6. The topological polar surface area (TPSA) is 31.4 Å². The minimum atomic E-state index is -0.188. The van der Waals surface area contributed by atoms with E-state index in [1.807, 2.05) is 18.2 Å². The fourth-order valence-corrected chi connectivity index (χ4v) is 2.62. The van der Waals surface area contributed by atoms with Crippen molar-refractivity contribution in [3.8, 4) is 17.2 Å². The molecule has 1 aromatic carbocycles. The van der Waals surface area contributed by atoms with E-state index in [-0.39, 0.29) is 5.60 Å². The predicted molar refractivity (Wildman–Crippen MR) is 78.7 cm³/mol. The second-order valence-electron chi connectivity index (χ2n) is 5.50. The number of benzene rings is 1. The van der Waals surface area contributed by atoms with Crippen molar-refractivity contribution in [2.24, 2.45) is 0 Å². The molecule has 0 unspecified atom stereocenters. The van der Waals surface area contributed by atoms with Crippen molar-refractivity contribution in [1.82, 2.24) is 4.98 Å². The summed E-state index contributed by atoms with van der Waals surface area (Å²) in [5.74, 6) is 2.60. The Hall–Kier alpha value is -1.74. The number of pyridine rings is 1. The van der Waals surface area contributed by atoms with E-state index >= 15 is 0 Å². The van der Waals surface area contributed by atoms with Gasteiger partial charge in [0.05, 0.1) is 12.1 Å². The van der Waals surface area contributed by atoms with Gasteiger partial charge < -0.3 is 9.47 Å². The molecule has 1 aromatic heterocycles. The smallest absolute Gasteiger partial charge is 0.169 e. The molecular weight excluding hydrogens is 274 g/mol. The molecule has 0 aliphatic carbocycles. The van der Waals surface area contributed by atoms with Crippen LogP contribution in [0.5, 0.6) is 17.2 Å². The number of hydrogen-bond donors (Lipinski definition) is 0. The van der Waals surface area contributed by atoms with Crippen LogP contribution in [0.4, 0.5) is 0 Å². The molecule has 1 aliphatic heterocycles. The molecule has 0 saturated carbocycles. The van der Waals surface area contributed by atoms with Crippen molar-refractivity contribution in [1.29, 1.82) is 0 Å².